The van der Waals surface area contributed by atoms with E-state index in [1.165, 1.54) is 5.56 Å². The molecule has 0 aliphatic heterocycles. The molecule has 1 aromatic carbocycles. The van der Waals surface area contributed by atoms with Crippen molar-refractivity contribution in [2.24, 2.45) is 5.73 Å². The van der Waals surface area contributed by atoms with Gasteiger partial charge in [-0.05, 0) is 31.0 Å². The molecular weight excluding hydrogens is 190 g/mol. The average Bonchev–Trinajstić information content (AvgIpc) is 2.20. The molecule has 0 fully saturated rings. The number of benzene rings is 1. The molecule has 0 saturated carbocycles. The van der Waals surface area contributed by atoms with E-state index in [9.17, 15) is 0 Å². The van der Waals surface area contributed by atoms with Crippen molar-refractivity contribution in [1.82, 2.24) is 0 Å². The summed E-state index contributed by atoms with van der Waals surface area (Å²) in [5, 5.41) is 0. The molecule has 2 N–H and O–H groups in total. The van der Waals surface area contributed by atoms with Crippen LogP contribution in [0.15, 0.2) is 18.2 Å². The van der Waals surface area contributed by atoms with Crippen molar-refractivity contribution in [1.29, 1.82) is 0 Å². The van der Waals surface area contributed by atoms with Crippen LogP contribution in [0.2, 0.25) is 0 Å². The van der Waals surface area contributed by atoms with E-state index in [0.29, 0.717) is 13.2 Å². The van der Waals surface area contributed by atoms with Crippen LogP contribution in [0, 0.1) is 13.8 Å². The van der Waals surface area contributed by atoms with Crippen LogP contribution >= 0.6 is 0 Å². The largest absolute Gasteiger partial charge is 0.492 e. The lowest BCUT2D eigenvalue weighted by molar-refractivity contribution is 0.152. The van der Waals surface area contributed by atoms with Crippen molar-refractivity contribution in [3.8, 4) is 5.75 Å². The zero-order valence-electron chi connectivity index (χ0n) is 9.62. The number of aryl methyl sites for hydroxylation is 2. The van der Waals surface area contributed by atoms with Crippen molar-refractivity contribution < 1.29 is 9.47 Å². The second kappa shape index (κ2) is 5.73. The van der Waals surface area contributed by atoms with Crippen LogP contribution in [0.5, 0.6) is 5.75 Å². The molecule has 0 spiro atoms. The zero-order valence-corrected chi connectivity index (χ0v) is 9.62. The van der Waals surface area contributed by atoms with Gasteiger partial charge in [0.05, 0.1) is 12.6 Å². The van der Waals surface area contributed by atoms with Crippen LogP contribution in [0.25, 0.3) is 0 Å². The first-order chi connectivity index (χ1) is 7.13. The Bertz CT molecular complexity index is 312. The number of nitrogens with two attached hydrogens (primary N) is 1. The monoisotopic (exact) mass is 209 g/mol. The molecule has 1 aromatic rings. The summed E-state index contributed by atoms with van der Waals surface area (Å²) in [6, 6.07) is 6.06. The molecule has 3 heteroatoms. The highest BCUT2D eigenvalue weighted by Gasteiger charge is 2.04. The van der Waals surface area contributed by atoms with Crippen LogP contribution in [0.1, 0.15) is 11.1 Å². The van der Waals surface area contributed by atoms with E-state index in [1.807, 2.05) is 26.0 Å². The Morgan fingerprint density at radius 1 is 1.27 bits per heavy atom. The second-order valence-electron chi connectivity index (χ2n) is 3.80. The quantitative estimate of drug-likeness (QED) is 0.802. The topological polar surface area (TPSA) is 44.5 Å². The van der Waals surface area contributed by atoms with Crippen molar-refractivity contribution in [2.45, 2.75) is 19.9 Å². The molecule has 0 aliphatic rings. The highest BCUT2D eigenvalue weighted by Crippen LogP contribution is 2.18. The van der Waals surface area contributed by atoms with E-state index in [0.717, 1.165) is 11.3 Å². The zero-order chi connectivity index (χ0) is 11.3. The number of ether oxygens (including phenoxy) is 2. The van der Waals surface area contributed by atoms with Gasteiger partial charge in [-0.1, -0.05) is 12.1 Å². The Labute approximate surface area is 91.2 Å². The number of hydrogen-bond donors (Lipinski definition) is 1. The van der Waals surface area contributed by atoms with Crippen LogP contribution in [-0.4, -0.2) is 26.4 Å². The van der Waals surface area contributed by atoms with Gasteiger partial charge in [-0.25, -0.2) is 0 Å². The van der Waals surface area contributed by atoms with Gasteiger partial charge in [-0.15, -0.1) is 0 Å². The lowest BCUT2D eigenvalue weighted by Gasteiger charge is -2.14. The molecule has 84 valence electrons. The molecule has 1 rings (SSSR count). The minimum atomic E-state index is -0.0742. The fraction of sp³-hybridized carbons (Fsp3) is 0.500. The van der Waals surface area contributed by atoms with Gasteiger partial charge in [0.1, 0.15) is 12.4 Å². The molecule has 0 saturated heterocycles. The Balaban J connectivity index is 2.53. The van der Waals surface area contributed by atoms with E-state index in [-0.39, 0.29) is 6.04 Å². The summed E-state index contributed by atoms with van der Waals surface area (Å²) >= 11 is 0. The maximum Gasteiger partial charge on any atom is 0.122 e. The highest BCUT2D eigenvalue weighted by atomic mass is 16.5. The van der Waals surface area contributed by atoms with E-state index >= 15 is 0 Å². The first-order valence-electron chi connectivity index (χ1n) is 5.08. The molecule has 0 radical (unpaired) electrons. The fourth-order valence-electron chi connectivity index (χ4n) is 1.32. The van der Waals surface area contributed by atoms with E-state index in [2.05, 4.69) is 6.07 Å². The number of rotatable bonds is 5. The number of hydrogen-bond acceptors (Lipinski definition) is 3. The van der Waals surface area contributed by atoms with Crippen molar-refractivity contribution in [3.63, 3.8) is 0 Å². The van der Waals surface area contributed by atoms with Crippen molar-refractivity contribution >= 4 is 0 Å². The van der Waals surface area contributed by atoms with Crippen LogP contribution in [0.3, 0.4) is 0 Å². The molecule has 0 bridgehead atoms. The molecule has 0 heterocycles. The summed E-state index contributed by atoms with van der Waals surface area (Å²) in [5.74, 6) is 0.904. The van der Waals surface area contributed by atoms with E-state index in [4.69, 9.17) is 15.2 Å². The molecule has 0 aromatic heterocycles. The lowest BCUT2D eigenvalue weighted by atomic mass is 10.1. The molecule has 15 heavy (non-hydrogen) atoms. The van der Waals surface area contributed by atoms with Gasteiger partial charge in [0, 0.05) is 7.11 Å². The van der Waals surface area contributed by atoms with Gasteiger partial charge in [-0.2, -0.15) is 0 Å². The third kappa shape index (κ3) is 3.90. The third-order valence-corrected chi connectivity index (χ3v) is 2.18. The predicted molar refractivity (Wildman–Crippen MR) is 61.3 cm³/mol. The van der Waals surface area contributed by atoms with Crippen LogP contribution in [0.4, 0.5) is 0 Å². The Hall–Kier alpha value is -1.06. The first-order valence-corrected chi connectivity index (χ1v) is 5.08. The average molecular weight is 209 g/mol. The SMILES string of the molecule is COCC(N)COc1cc(C)ccc1C. The molecule has 0 aliphatic carbocycles. The van der Waals surface area contributed by atoms with E-state index < -0.39 is 0 Å². The van der Waals surface area contributed by atoms with E-state index in [1.54, 1.807) is 7.11 Å². The van der Waals surface area contributed by atoms with Crippen LogP contribution in [-0.2, 0) is 4.74 Å². The van der Waals surface area contributed by atoms with Crippen molar-refractivity contribution in [3.05, 3.63) is 29.3 Å². The molecular formula is C12H19NO2. The first kappa shape index (κ1) is 12.0. The third-order valence-electron chi connectivity index (χ3n) is 2.18. The molecule has 3 nitrogen and oxygen atoms in total. The minimum Gasteiger partial charge on any atom is -0.492 e. The Kier molecular flexibility index (Phi) is 4.59. The fourth-order valence-corrected chi connectivity index (χ4v) is 1.32. The lowest BCUT2D eigenvalue weighted by Crippen LogP contribution is -2.32. The summed E-state index contributed by atoms with van der Waals surface area (Å²) in [6.45, 7) is 5.07. The van der Waals surface area contributed by atoms with Gasteiger partial charge < -0.3 is 15.2 Å². The van der Waals surface area contributed by atoms with Crippen LogP contribution < -0.4 is 10.5 Å². The summed E-state index contributed by atoms with van der Waals surface area (Å²) in [7, 11) is 1.64. The summed E-state index contributed by atoms with van der Waals surface area (Å²) < 4.78 is 10.6. The normalized spacial score (nSPS) is 12.5. The number of methoxy groups -OCH3 is 1. The van der Waals surface area contributed by atoms with Gasteiger partial charge in [-0.3, -0.25) is 0 Å². The summed E-state index contributed by atoms with van der Waals surface area (Å²) in [4.78, 5) is 0. The minimum absolute atomic E-state index is 0.0742. The van der Waals surface area contributed by atoms with Gasteiger partial charge in [0.25, 0.3) is 0 Å². The summed E-state index contributed by atoms with van der Waals surface area (Å²) in [5.41, 5.74) is 8.09. The van der Waals surface area contributed by atoms with Gasteiger partial charge in [0.15, 0.2) is 0 Å². The predicted octanol–water partition coefficient (Wildman–Crippen LogP) is 1.66. The van der Waals surface area contributed by atoms with Gasteiger partial charge in [0.2, 0.25) is 0 Å². The van der Waals surface area contributed by atoms with Crippen molar-refractivity contribution in [2.75, 3.05) is 20.3 Å². The second-order valence-corrected chi connectivity index (χ2v) is 3.80. The maximum absolute atomic E-state index is 5.77. The Morgan fingerprint density at radius 3 is 2.67 bits per heavy atom. The standard InChI is InChI=1S/C12H19NO2/c1-9-4-5-10(2)12(6-9)15-8-11(13)7-14-3/h4-6,11H,7-8,13H2,1-3H3. The summed E-state index contributed by atoms with van der Waals surface area (Å²) in [6.07, 6.45) is 0. The van der Waals surface area contributed by atoms with Gasteiger partial charge >= 0.3 is 0 Å². The highest BCUT2D eigenvalue weighted by molar-refractivity contribution is 5.35. The smallest absolute Gasteiger partial charge is 0.122 e. The molecule has 1 atom stereocenters. The Morgan fingerprint density at radius 2 is 2.00 bits per heavy atom. The maximum atomic E-state index is 5.77. The molecule has 0 amide bonds. The molecule has 1 unspecified atom stereocenters.